The molecule has 0 aromatic heterocycles. The molecule has 0 bridgehead atoms. The van der Waals surface area contributed by atoms with Crippen molar-refractivity contribution < 1.29 is 32.5 Å². The Bertz CT molecular complexity index is 1140. The molecule has 0 radical (unpaired) electrons. The van der Waals surface area contributed by atoms with Crippen LogP contribution in [0.3, 0.4) is 0 Å². The van der Waals surface area contributed by atoms with Gasteiger partial charge in [-0.15, -0.1) is 0 Å². The summed E-state index contributed by atoms with van der Waals surface area (Å²) < 4.78 is 49.5. The second-order valence-corrected chi connectivity index (χ2v) is 8.39. The molecule has 0 saturated heterocycles. The first-order valence-corrected chi connectivity index (χ1v) is 10.6. The first kappa shape index (κ1) is 25.1. The quantitative estimate of drug-likeness (QED) is 0.380. The number of benzene rings is 3. The maximum Gasteiger partial charge on any atom is 0.416 e. The van der Waals surface area contributed by atoms with E-state index in [4.69, 9.17) is 9.47 Å². The molecule has 3 aromatic carbocycles. The van der Waals surface area contributed by atoms with E-state index in [2.05, 4.69) is 5.32 Å². The number of carboxylic acids is 1. The zero-order chi connectivity index (χ0) is 24.9. The van der Waals surface area contributed by atoms with Crippen LogP contribution in [0.5, 0.6) is 17.2 Å². The number of carbonyl (C=O) groups is 1. The summed E-state index contributed by atoms with van der Waals surface area (Å²) >= 11 is 0. The standard InChI is InChI=1S/C26H26F3NO4/c1-17-13-22(11-12-23(17)34-25(2,3)24(31)32)33-21-6-4-5-19(14-21)16-30-15-18-7-9-20(10-8-18)26(27,28)29/h4-14,30H,15-16H2,1-3H3,(H,31,32). The van der Waals surface area contributed by atoms with Gasteiger partial charge in [-0.25, -0.2) is 4.79 Å². The number of hydrogen-bond acceptors (Lipinski definition) is 4. The molecule has 0 aliphatic heterocycles. The van der Waals surface area contributed by atoms with Gasteiger partial charge in [0.2, 0.25) is 0 Å². The highest BCUT2D eigenvalue weighted by Gasteiger charge is 2.30. The molecule has 0 spiro atoms. The van der Waals surface area contributed by atoms with Crippen LogP contribution in [0.25, 0.3) is 0 Å². The highest BCUT2D eigenvalue weighted by molar-refractivity contribution is 5.76. The second kappa shape index (κ2) is 10.2. The minimum atomic E-state index is -4.34. The fourth-order valence-electron chi connectivity index (χ4n) is 3.14. The number of aliphatic carboxylic acids is 1. The van der Waals surface area contributed by atoms with E-state index in [1.54, 1.807) is 18.2 Å². The van der Waals surface area contributed by atoms with Gasteiger partial charge in [-0.05, 0) is 79.9 Å². The van der Waals surface area contributed by atoms with Crippen LogP contribution in [0, 0.1) is 6.92 Å². The molecule has 0 atom stereocenters. The van der Waals surface area contributed by atoms with Gasteiger partial charge in [0.15, 0.2) is 5.60 Å². The number of aryl methyl sites for hydroxylation is 1. The number of alkyl halides is 3. The van der Waals surface area contributed by atoms with Crippen molar-refractivity contribution >= 4 is 5.97 Å². The van der Waals surface area contributed by atoms with E-state index in [-0.39, 0.29) is 0 Å². The van der Waals surface area contributed by atoms with E-state index in [1.807, 2.05) is 31.2 Å². The maximum atomic E-state index is 12.7. The van der Waals surface area contributed by atoms with Gasteiger partial charge in [0, 0.05) is 13.1 Å². The van der Waals surface area contributed by atoms with E-state index in [0.29, 0.717) is 30.3 Å². The van der Waals surface area contributed by atoms with Crippen LogP contribution in [0.15, 0.2) is 66.7 Å². The van der Waals surface area contributed by atoms with E-state index < -0.39 is 23.3 Å². The fourth-order valence-corrected chi connectivity index (χ4v) is 3.14. The normalized spacial score (nSPS) is 11.8. The van der Waals surface area contributed by atoms with Crippen molar-refractivity contribution in [1.82, 2.24) is 5.32 Å². The van der Waals surface area contributed by atoms with Crippen LogP contribution in [0.1, 0.15) is 36.1 Å². The van der Waals surface area contributed by atoms with Crippen LogP contribution in [-0.4, -0.2) is 16.7 Å². The number of nitrogens with one attached hydrogen (secondary N) is 1. The number of hydrogen-bond donors (Lipinski definition) is 2. The Kier molecular flexibility index (Phi) is 7.51. The summed E-state index contributed by atoms with van der Waals surface area (Å²) in [6, 6.07) is 17.7. The molecule has 0 fully saturated rings. The van der Waals surface area contributed by atoms with Crippen molar-refractivity contribution in [3.63, 3.8) is 0 Å². The lowest BCUT2D eigenvalue weighted by Crippen LogP contribution is -2.38. The van der Waals surface area contributed by atoms with Gasteiger partial charge in [0.1, 0.15) is 17.2 Å². The summed E-state index contributed by atoms with van der Waals surface area (Å²) in [7, 11) is 0. The lowest BCUT2D eigenvalue weighted by molar-refractivity contribution is -0.152. The predicted molar refractivity (Wildman–Crippen MR) is 122 cm³/mol. The van der Waals surface area contributed by atoms with E-state index in [1.165, 1.54) is 26.0 Å². The third-order valence-electron chi connectivity index (χ3n) is 5.10. The Labute approximate surface area is 196 Å². The topological polar surface area (TPSA) is 67.8 Å². The molecule has 0 aliphatic rings. The lowest BCUT2D eigenvalue weighted by Gasteiger charge is -2.23. The van der Waals surface area contributed by atoms with E-state index in [9.17, 15) is 23.1 Å². The van der Waals surface area contributed by atoms with Crippen LogP contribution < -0.4 is 14.8 Å². The number of halogens is 3. The Balaban J connectivity index is 1.58. The number of ether oxygens (including phenoxy) is 2. The molecule has 2 N–H and O–H groups in total. The van der Waals surface area contributed by atoms with Crippen molar-refractivity contribution in [2.45, 2.75) is 45.6 Å². The zero-order valence-corrected chi connectivity index (χ0v) is 19.1. The maximum absolute atomic E-state index is 12.7. The van der Waals surface area contributed by atoms with Gasteiger partial charge in [0.05, 0.1) is 5.56 Å². The van der Waals surface area contributed by atoms with Crippen LogP contribution in [-0.2, 0) is 24.1 Å². The van der Waals surface area contributed by atoms with Gasteiger partial charge >= 0.3 is 12.1 Å². The average molecular weight is 473 g/mol. The summed E-state index contributed by atoms with van der Waals surface area (Å²) in [5.41, 5.74) is 0.422. The van der Waals surface area contributed by atoms with Crippen molar-refractivity contribution in [3.05, 3.63) is 89.0 Å². The van der Waals surface area contributed by atoms with Crippen molar-refractivity contribution in [1.29, 1.82) is 0 Å². The summed E-state index contributed by atoms with van der Waals surface area (Å²) in [6.07, 6.45) is -4.34. The van der Waals surface area contributed by atoms with Gasteiger partial charge < -0.3 is 19.9 Å². The molecular weight excluding hydrogens is 447 g/mol. The number of rotatable bonds is 9. The molecule has 0 saturated carbocycles. The molecule has 5 nitrogen and oxygen atoms in total. The second-order valence-electron chi connectivity index (χ2n) is 8.39. The van der Waals surface area contributed by atoms with Crippen molar-refractivity contribution in [3.8, 4) is 17.2 Å². The highest BCUT2D eigenvalue weighted by Crippen LogP contribution is 2.30. The predicted octanol–water partition coefficient (Wildman–Crippen LogP) is 6.34. The minimum absolute atomic E-state index is 0.427. The third-order valence-corrected chi connectivity index (χ3v) is 5.10. The fraction of sp³-hybridized carbons (Fsp3) is 0.269. The molecule has 0 amide bonds. The van der Waals surface area contributed by atoms with Gasteiger partial charge in [-0.1, -0.05) is 24.3 Å². The molecule has 0 aliphatic carbocycles. The summed E-state index contributed by atoms with van der Waals surface area (Å²) in [5.74, 6) is 0.595. The lowest BCUT2D eigenvalue weighted by atomic mass is 10.1. The highest BCUT2D eigenvalue weighted by atomic mass is 19.4. The molecule has 34 heavy (non-hydrogen) atoms. The Morgan fingerprint density at radius 2 is 1.56 bits per heavy atom. The molecular formula is C26H26F3NO4. The SMILES string of the molecule is Cc1cc(Oc2cccc(CNCc3ccc(C(F)(F)F)cc3)c2)ccc1OC(C)(C)C(=O)O. The Morgan fingerprint density at radius 1 is 0.912 bits per heavy atom. The Morgan fingerprint density at radius 3 is 2.18 bits per heavy atom. The first-order valence-electron chi connectivity index (χ1n) is 10.6. The molecule has 8 heteroatoms. The molecule has 3 rings (SSSR count). The zero-order valence-electron chi connectivity index (χ0n) is 19.1. The first-order chi connectivity index (χ1) is 15.9. The summed E-state index contributed by atoms with van der Waals surface area (Å²) in [5, 5.41) is 12.5. The van der Waals surface area contributed by atoms with Crippen LogP contribution in [0.2, 0.25) is 0 Å². The number of carboxylic acid groups (broad SMARTS) is 1. The van der Waals surface area contributed by atoms with Crippen molar-refractivity contribution in [2.75, 3.05) is 0 Å². The van der Waals surface area contributed by atoms with E-state index >= 15 is 0 Å². The molecule has 0 unspecified atom stereocenters. The molecule has 180 valence electrons. The monoisotopic (exact) mass is 473 g/mol. The smallest absolute Gasteiger partial charge is 0.416 e. The average Bonchev–Trinajstić information content (AvgIpc) is 2.75. The third kappa shape index (κ3) is 6.74. The van der Waals surface area contributed by atoms with Crippen LogP contribution in [0.4, 0.5) is 13.2 Å². The summed E-state index contributed by atoms with van der Waals surface area (Å²) in [6.45, 7) is 5.71. The van der Waals surface area contributed by atoms with Gasteiger partial charge in [-0.3, -0.25) is 0 Å². The molecule has 3 aromatic rings. The van der Waals surface area contributed by atoms with Crippen molar-refractivity contribution in [2.24, 2.45) is 0 Å². The van der Waals surface area contributed by atoms with Gasteiger partial charge in [0.25, 0.3) is 0 Å². The largest absolute Gasteiger partial charge is 0.478 e. The summed E-state index contributed by atoms with van der Waals surface area (Å²) in [4.78, 5) is 11.3. The van der Waals surface area contributed by atoms with Crippen LogP contribution >= 0.6 is 0 Å². The van der Waals surface area contributed by atoms with Gasteiger partial charge in [-0.2, -0.15) is 13.2 Å². The molecule has 0 heterocycles. The Hall–Kier alpha value is -3.52. The van der Waals surface area contributed by atoms with E-state index in [0.717, 1.165) is 28.8 Å². The minimum Gasteiger partial charge on any atom is -0.478 e.